The third-order valence-corrected chi connectivity index (χ3v) is 5.31. The third kappa shape index (κ3) is 3.93. The molecule has 1 aliphatic heterocycles. The molecule has 0 aliphatic carbocycles. The Balaban J connectivity index is 1.46. The van der Waals surface area contributed by atoms with Gasteiger partial charge in [-0.15, -0.1) is 0 Å². The minimum atomic E-state index is -0.195. The molecule has 5 heteroatoms. The van der Waals surface area contributed by atoms with Crippen LogP contribution in [0.3, 0.4) is 0 Å². The van der Waals surface area contributed by atoms with E-state index < -0.39 is 0 Å². The van der Waals surface area contributed by atoms with Gasteiger partial charge in [0.15, 0.2) is 5.69 Å². The van der Waals surface area contributed by atoms with Crippen molar-refractivity contribution in [2.24, 2.45) is 7.05 Å². The van der Waals surface area contributed by atoms with Gasteiger partial charge in [0.2, 0.25) is 0 Å². The van der Waals surface area contributed by atoms with E-state index in [-0.39, 0.29) is 5.91 Å². The maximum atomic E-state index is 12.7. The van der Waals surface area contributed by atoms with E-state index in [9.17, 15) is 4.79 Å². The summed E-state index contributed by atoms with van der Waals surface area (Å²) < 4.78 is 1.75. The summed E-state index contributed by atoms with van der Waals surface area (Å²) in [6.07, 6.45) is 3.82. The van der Waals surface area contributed by atoms with E-state index in [4.69, 9.17) is 0 Å². The zero-order chi connectivity index (χ0) is 19.5. The Labute approximate surface area is 166 Å². The molecule has 4 rings (SSSR count). The molecule has 1 fully saturated rings. The summed E-state index contributed by atoms with van der Waals surface area (Å²) in [6.45, 7) is 4.28. The normalized spacial score (nSPS) is 14.1. The van der Waals surface area contributed by atoms with Crippen LogP contribution in [0, 0.1) is 6.92 Å². The number of anilines is 2. The maximum Gasteiger partial charge on any atom is 0.276 e. The van der Waals surface area contributed by atoms with Crippen LogP contribution in [0.25, 0.3) is 11.3 Å². The van der Waals surface area contributed by atoms with Crippen molar-refractivity contribution in [3.63, 3.8) is 0 Å². The number of amides is 1. The van der Waals surface area contributed by atoms with Crippen LogP contribution in [0.4, 0.5) is 11.4 Å². The molecular formula is C23H26N4O. The lowest BCUT2D eigenvalue weighted by Crippen LogP contribution is -2.29. The largest absolute Gasteiger partial charge is 0.372 e. The van der Waals surface area contributed by atoms with E-state index >= 15 is 0 Å². The smallest absolute Gasteiger partial charge is 0.276 e. The highest BCUT2D eigenvalue weighted by Gasteiger charge is 2.15. The Morgan fingerprint density at radius 3 is 2.32 bits per heavy atom. The fraction of sp³-hybridized carbons (Fsp3) is 0.304. The zero-order valence-corrected chi connectivity index (χ0v) is 16.5. The first-order valence-corrected chi connectivity index (χ1v) is 9.87. The minimum Gasteiger partial charge on any atom is -0.372 e. The monoisotopic (exact) mass is 374 g/mol. The molecule has 0 saturated carbocycles. The Bertz CT molecular complexity index is 951. The van der Waals surface area contributed by atoms with Crippen LogP contribution in [0.2, 0.25) is 0 Å². The van der Waals surface area contributed by atoms with Crippen molar-refractivity contribution in [1.29, 1.82) is 0 Å². The van der Waals surface area contributed by atoms with E-state index in [1.54, 1.807) is 4.68 Å². The summed E-state index contributed by atoms with van der Waals surface area (Å²) in [4.78, 5) is 15.1. The van der Waals surface area contributed by atoms with Gasteiger partial charge in [-0.3, -0.25) is 9.48 Å². The summed E-state index contributed by atoms with van der Waals surface area (Å²) >= 11 is 0. The average Bonchev–Trinajstić information content (AvgIpc) is 3.12. The van der Waals surface area contributed by atoms with E-state index in [1.807, 2.05) is 37.4 Å². The Morgan fingerprint density at radius 2 is 1.64 bits per heavy atom. The summed E-state index contributed by atoms with van der Waals surface area (Å²) in [5.74, 6) is -0.195. The summed E-state index contributed by atoms with van der Waals surface area (Å²) in [7, 11) is 1.86. The highest BCUT2D eigenvalue weighted by atomic mass is 16.1. The van der Waals surface area contributed by atoms with E-state index in [1.165, 1.54) is 30.5 Å². The van der Waals surface area contributed by atoms with Crippen molar-refractivity contribution < 1.29 is 4.79 Å². The molecule has 0 unspecified atom stereocenters. The van der Waals surface area contributed by atoms with Crippen LogP contribution in [-0.4, -0.2) is 28.8 Å². The number of aromatic nitrogens is 2. The molecule has 1 aliphatic rings. The van der Waals surface area contributed by atoms with Crippen molar-refractivity contribution in [3.05, 3.63) is 65.9 Å². The van der Waals surface area contributed by atoms with Crippen LogP contribution >= 0.6 is 0 Å². The molecule has 0 atom stereocenters. The van der Waals surface area contributed by atoms with Gasteiger partial charge in [0.05, 0.1) is 5.69 Å². The van der Waals surface area contributed by atoms with Gasteiger partial charge in [-0.2, -0.15) is 5.10 Å². The molecule has 2 aromatic carbocycles. The maximum absolute atomic E-state index is 12.7. The van der Waals surface area contributed by atoms with Crippen molar-refractivity contribution in [3.8, 4) is 11.3 Å². The van der Waals surface area contributed by atoms with Crippen molar-refractivity contribution >= 4 is 17.3 Å². The molecule has 144 valence electrons. The standard InChI is InChI=1S/C23H26N4O/c1-17-6-8-18(9-7-17)22-16-21(25-26(22)2)23(28)24-19-10-12-20(13-11-19)27-14-4-3-5-15-27/h6-13,16H,3-5,14-15H2,1-2H3,(H,24,28). The number of hydrogen-bond donors (Lipinski definition) is 1. The number of nitrogens with one attached hydrogen (secondary N) is 1. The number of carbonyl (C=O) groups is 1. The lowest BCUT2D eigenvalue weighted by Gasteiger charge is -2.28. The second kappa shape index (κ2) is 7.89. The highest BCUT2D eigenvalue weighted by Crippen LogP contribution is 2.23. The number of aryl methyl sites for hydroxylation is 2. The minimum absolute atomic E-state index is 0.195. The first-order valence-electron chi connectivity index (χ1n) is 9.87. The zero-order valence-electron chi connectivity index (χ0n) is 16.5. The first-order chi connectivity index (χ1) is 13.6. The molecule has 0 bridgehead atoms. The molecule has 1 N–H and O–H groups in total. The molecule has 0 spiro atoms. The van der Waals surface area contributed by atoms with Crippen molar-refractivity contribution in [2.45, 2.75) is 26.2 Å². The summed E-state index contributed by atoms with van der Waals surface area (Å²) in [5.41, 5.74) is 5.59. The first kappa shape index (κ1) is 18.3. The van der Waals surface area contributed by atoms with E-state index in [0.717, 1.165) is 30.0 Å². The number of hydrogen-bond acceptors (Lipinski definition) is 3. The number of nitrogens with zero attached hydrogens (tertiary/aromatic N) is 3. The van der Waals surface area contributed by atoms with Gasteiger partial charge in [-0.25, -0.2) is 0 Å². The SMILES string of the molecule is Cc1ccc(-c2cc(C(=O)Nc3ccc(N4CCCCC4)cc3)nn2C)cc1. The molecule has 1 saturated heterocycles. The summed E-state index contributed by atoms with van der Waals surface area (Å²) in [6, 6.07) is 18.1. The van der Waals surface area contributed by atoms with Gasteiger partial charge in [0.25, 0.3) is 5.91 Å². The number of piperidine rings is 1. The lowest BCUT2D eigenvalue weighted by atomic mass is 10.1. The van der Waals surface area contributed by atoms with Crippen LogP contribution in [0.15, 0.2) is 54.6 Å². The van der Waals surface area contributed by atoms with Gasteiger partial charge >= 0.3 is 0 Å². The molecule has 0 radical (unpaired) electrons. The van der Waals surface area contributed by atoms with Gasteiger partial charge in [-0.05, 0) is 62.1 Å². The Morgan fingerprint density at radius 1 is 0.964 bits per heavy atom. The highest BCUT2D eigenvalue weighted by molar-refractivity contribution is 6.03. The van der Waals surface area contributed by atoms with Gasteiger partial charge in [-0.1, -0.05) is 29.8 Å². The summed E-state index contributed by atoms with van der Waals surface area (Å²) in [5, 5.41) is 7.35. The van der Waals surface area contributed by atoms with Crippen molar-refractivity contribution in [2.75, 3.05) is 23.3 Å². The van der Waals surface area contributed by atoms with E-state index in [2.05, 4.69) is 46.5 Å². The fourth-order valence-corrected chi connectivity index (χ4v) is 3.68. The fourth-order valence-electron chi connectivity index (χ4n) is 3.68. The van der Waals surface area contributed by atoms with Crippen LogP contribution in [0.5, 0.6) is 0 Å². The Hall–Kier alpha value is -3.08. The number of benzene rings is 2. The van der Waals surface area contributed by atoms with Crippen LogP contribution < -0.4 is 10.2 Å². The van der Waals surface area contributed by atoms with Gasteiger partial charge in [0.1, 0.15) is 0 Å². The molecule has 5 nitrogen and oxygen atoms in total. The molecule has 2 heterocycles. The predicted molar refractivity (Wildman–Crippen MR) is 114 cm³/mol. The van der Waals surface area contributed by atoms with Crippen LogP contribution in [-0.2, 0) is 7.05 Å². The van der Waals surface area contributed by atoms with Crippen molar-refractivity contribution in [1.82, 2.24) is 9.78 Å². The third-order valence-electron chi connectivity index (χ3n) is 5.31. The Kier molecular flexibility index (Phi) is 5.15. The molecule has 1 amide bonds. The second-order valence-corrected chi connectivity index (χ2v) is 7.45. The molecular weight excluding hydrogens is 348 g/mol. The molecule has 3 aromatic rings. The average molecular weight is 374 g/mol. The predicted octanol–water partition coefficient (Wildman–Crippen LogP) is 4.64. The lowest BCUT2D eigenvalue weighted by molar-refractivity contribution is 0.102. The number of rotatable bonds is 4. The van der Waals surface area contributed by atoms with Crippen LogP contribution in [0.1, 0.15) is 35.3 Å². The molecule has 28 heavy (non-hydrogen) atoms. The molecule has 1 aromatic heterocycles. The van der Waals surface area contributed by atoms with E-state index in [0.29, 0.717) is 5.69 Å². The quantitative estimate of drug-likeness (QED) is 0.724. The van der Waals surface area contributed by atoms with Gasteiger partial charge < -0.3 is 10.2 Å². The van der Waals surface area contributed by atoms with Gasteiger partial charge in [0, 0.05) is 31.5 Å². The topological polar surface area (TPSA) is 50.2 Å². The number of carbonyl (C=O) groups excluding carboxylic acids is 1. The second-order valence-electron chi connectivity index (χ2n) is 7.45.